The molecule has 1 fully saturated rings. The van der Waals surface area contributed by atoms with Crippen molar-refractivity contribution in [1.82, 2.24) is 0 Å². The van der Waals surface area contributed by atoms with Crippen LogP contribution in [-0.2, 0) is 14.0 Å². The SMILES string of the molecule is CC(C)(C)OC(=O)Nc1cc(B2OC(C)(C)C(C)(C)O2)cc(Cl)c1Cl. The third-order valence-corrected chi connectivity index (χ3v) is 5.01. The van der Waals surface area contributed by atoms with Gasteiger partial charge < -0.3 is 14.0 Å². The van der Waals surface area contributed by atoms with Gasteiger partial charge in [-0.25, -0.2) is 4.79 Å². The third kappa shape index (κ3) is 4.62. The highest BCUT2D eigenvalue weighted by molar-refractivity contribution is 6.63. The van der Waals surface area contributed by atoms with Crippen LogP contribution in [0.25, 0.3) is 0 Å². The first-order chi connectivity index (χ1) is 11.2. The highest BCUT2D eigenvalue weighted by Gasteiger charge is 2.51. The summed E-state index contributed by atoms with van der Waals surface area (Å²) >= 11 is 12.4. The van der Waals surface area contributed by atoms with Crippen molar-refractivity contribution in [2.75, 3.05) is 5.32 Å². The Labute approximate surface area is 159 Å². The maximum Gasteiger partial charge on any atom is 0.494 e. The molecule has 1 amide bonds. The molecule has 1 aliphatic heterocycles. The number of hydrogen-bond acceptors (Lipinski definition) is 4. The molecule has 1 aromatic rings. The Balaban J connectivity index is 2.28. The van der Waals surface area contributed by atoms with Crippen LogP contribution in [0.3, 0.4) is 0 Å². The average Bonchev–Trinajstić information content (AvgIpc) is 2.61. The van der Waals surface area contributed by atoms with Crippen LogP contribution >= 0.6 is 23.2 Å². The van der Waals surface area contributed by atoms with Gasteiger partial charge in [-0.3, -0.25) is 5.32 Å². The van der Waals surface area contributed by atoms with Gasteiger partial charge >= 0.3 is 13.2 Å². The van der Waals surface area contributed by atoms with E-state index in [9.17, 15) is 4.79 Å². The van der Waals surface area contributed by atoms with E-state index in [-0.39, 0.29) is 5.02 Å². The van der Waals surface area contributed by atoms with Crippen LogP contribution in [-0.4, -0.2) is 30.0 Å². The molecule has 1 aromatic carbocycles. The highest BCUT2D eigenvalue weighted by Crippen LogP contribution is 2.37. The minimum Gasteiger partial charge on any atom is -0.444 e. The number of halogens is 2. The molecule has 1 saturated heterocycles. The van der Waals surface area contributed by atoms with Crippen molar-refractivity contribution in [3.63, 3.8) is 0 Å². The minimum atomic E-state index is -0.621. The van der Waals surface area contributed by atoms with E-state index in [4.69, 9.17) is 37.2 Å². The predicted octanol–water partition coefficient (Wildman–Crippen LogP) is 4.64. The molecule has 0 radical (unpaired) electrons. The van der Waals surface area contributed by atoms with Crippen molar-refractivity contribution in [2.24, 2.45) is 0 Å². The van der Waals surface area contributed by atoms with Gasteiger partial charge in [0, 0.05) is 0 Å². The van der Waals surface area contributed by atoms with Crippen LogP contribution in [0.1, 0.15) is 48.5 Å². The van der Waals surface area contributed by atoms with Crippen molar-refractivity contribution in [3.8, 4) is 0 Å². The van der Waals surface area contributed by atoms with Gasteiger partial charge in [-0.15, -0.1) is 0 Å². The minimum absolute atomic E-state index is 0.229. The summed E-state index contributed by atoms with van der Waals surface area (Å²) in [5, 5.41) is 3.15. The highest BCUT2D eigenvalue weighted by atomic mass is 35.5. The van der Waals surface area contributed by atoms with E-state index in [2.05, 4.69) is 5.32 Å². The van der Waals surface area contributed by atoms with Gasteiger partial charge in [-0.05, 0) is 66.1 Å². The maximum atomic E-state index is 12.0. The summed E-state index contributed by atoms with van der Waals surface area (Å²) in [6.07, 6.45) is -0.614. The van der Waals surface area contributed by atoms with Gasteiger partial charge in [0.05, 0.1) is 26.9 Å². The van der Waals surface area contributed by atoms with Crippen molar-refractivity contribution in [3.05, 3.63) is 22.2 Å². The number of nitrogens with one attached hydrogen (secondary N) is 1. The van der Waals surface area contributed by atoms with E-state index in [0.717, 1.165) is 0 Å². The molecular formula is C17H24BCl2NO4. The fraction of sp³-hybridized carbons (Fsp3) is 0.588. The van der Waals surface area contributed by atoms with Gasteiger partial charge in [-0.1, -0.05) is 23.2 Å². The van der Waals surface area contributed by atoms with Crippen LogP contribution in [0.4, 0.5) is 10.5 Å². The third-order valence-electron chi connectivity index (χ3n) is 4.21. The van der Waals surface area contributed by atoms with Crippen molar-refractivity contribution >= 4 is 47.6 Å². The fourth-order valence-corrected chi connectivity index (χ4v) is 2.61. The van der Waals surface area contributed by atoms with Gasteiger partial charge in [0.1, 0.15) is 5.60 Å². The first-order valence-electron chi connectivity index (χ1n) is 8.06. The number of carbonyl (C=O) groups is 1. The smallest absolute Gasteiger partial charge is 0.444 e. The van der Waals surface area contributed by atoms with Crippen LogP contribution in [0.2, 0.25) is 10.0 Å². The largest absolute Gasteiger partial charge is 0.494 e. The molecule has 138 valence electrons. The molecule has 8 heteroatoms. The Hall–Kier alpha value is -0.945. The van der Waals surface area contributed by atoms with E-state index >= 15 is 0 Å². The van der Waals surface area contributed by atoms with Crippen LogP contribution in [0, 0.1) is 0 Å². The second-order valence-corrected chi connectivity index (χ2v) is 8.86. The van der Waals surface area contributed by atoms with Crippen LogP contribution in [0.5, 0.6) is 0 Å². The zero-order valence-electron chi connectivity index (χ0n) is 15.6. The second-order valence-electron chi connectivity index (χ2n) is 8.08. The Morgan fingerprint density at radius 3 is 2.12 bits per heavy atom. The summed E-state index contributed by atoms with van der Waals surface area (Å²) in [7, 11) is -0.612. The Bertz CT molecular complexity index is 670. The molecule has 0 bridgehead atoms. The summed E-state index contributed by atoms with van der Waals surface area (Å²) in [6, 6.07) is 3.35. The Kier molecular flexibility index (Phi) is 5.42. The summed E-state index contributed by atoms with van der Waals surface area (Å²) in [4.78, 5) is 12.0. The molecule has 5 nitrogen and oxygen atoms in total. The quantitative estimate of drug-likeness (QED) is 0.751. The number of anilines is 1. The lowest BCUT2D eigenvalue weighted by Gasteiger charge is -2.32. The molecule has 0 spiro atoms. The second kappa shape index (κ2) is 6.65. The number of rotatable bonds is 2. The van der Waals surface area contributed by atoms with E-state index < -0.39 is 30.0 Å². The van der Waals surface area contributed by atoms with Crippen molar-refractivity contribution < 1.29 is 18.8 Å². The van der Waals surface area contributed by atoms with E-state index in [1.165, 1.54) is 0 Å². The number of carbonyl (C=O) groups excluding carboxylic acids is 1. The summed E-state index contributed by atoms with van der Waals surface area (Å²) in [6.45, 7) is 13.2. The van der Waals surface area contributed by atoms with Crippen molar-refractivity contribution in [1.29, 1.82) is 0 Å². The normalized spacial score (nSPS) is 19.0. The topological polar surface area (TPSA) is 56.8 Å². The summed E-state index contributed by atoms with van der Waals surface area (Å²) in [5.74, 6) is 0. The molecule has 0 aliphatic carbocycles. The first-order valence-corrected chi connectivity index (χ1v) is 8.82. The lowest BCUT2D eigenvalue weighted by atomic mass is 9.79. The zero-order chi connectivity index (χ0) is 19.2. The molecule has 2 rings (SSSR count). The molecule has 0 aromatic heterocycles. The number of hydrogen-bond donors (Lipinski definition) is 1. The van der Waals surface area contributed by atoms with Crippen LogP contribution in [0.15, 0.2) is 12.1 Å². The van der Waals surface area contributed by atoms with Gasteiger partial charge in [0.15, 0.2) is 0 Å². The molecule has 0 saturated carbocycles. The molecule has 0 unspecified atom stereocenters. The lowest BCUT2D eigenvalue weighted by molar-refractivity contribution is 0.00578. The zero-order valence-corrected chi connectivity index (χ0v) is 17.1. The van der Waals surface area contributed by atoms with Crippen LogP contribution < -0.4 is 10.8 Å². The first kappa shape index (κ1) is 20.4. The van der Waals surface area contributed by atoms with Gasteiger partial charge in [0.2, 0.25) is 0 Å². The van der Waals surface area contributed by atoms with E-state index in [1.807, 2.05) is 27.7 Å². The van der Waals surface area contributed by atoms with Crippen molar-refractivity contribution in [2.45, 2.75) is 65.3 Å². The number of benzene rings is 1. The van der Waals surface area contributed by atoms with E-state index in [1.54, 1.807) is 32.9 Å². The molecule has 25 heavy (non-hydrogen) atoms. The summed E-state index contributed by atoms with van der Waals surface area (Å²) < 4.78 is 17.3. The molecule has 0 atom stereocenters. The standard InChI is InChI=1S/C17H24BCl2NO4/c1-15(2,3)23-14(22)21-12-9-10(8-11(19)13(12)20)18-24-16(4,5)17(6,7)25-18/h8-9H,1-7H3,(H,21,22). The summed E-state index contributed by atoms with van der Waals surface area (Å²) in [5.41, 5.74) is -0.582. The molecule has 1 N–H and O–H groups in total. The molecule has 1 aliphatic rings. The number of ether oxygens (including phenoxy) is 1. The molecular weight excluding hydrogens is 364 g/mol. The van der Waals surface area contributed by atoms with Gasteiger partial charge in [-0.2, -0.15) is 0 Å². The lowest BCUT2D eigenvalue weighted by Crippen LogP contribution is -2.41. The fourth-order valence-electron chi connectivity index (χ4n) is 2.23. The predicted molar refractivity (Wildman–Crippen MR) is 102 cm³/mol. The number of amides is 1. The average molecular weight is 388 g/mol. The maximum absolute atomic E-state index is 12.0. The Morgan fingerprint density at radius 2 is 1.64 bits per heavy atom. The van der Waals surface area contributed by atoms with E-state index in [0.29, 0.717) is 16.2 Å². The molecule has 1 heterocycles. The Morgan fingerprint density at radius 1 is 1.12 bits per heavy atom. The monoisotopic (exact) mass is 387 g/mol. The van der Waals surface area contributed by atoms with Gasteiger partial charge in [0.25, 0.3) is 0 Å².